The van der Waals surface area contributed by atoms with Gasteiger partial charge >= 0.3 is 0 Å². The third-order valence-electron chi connectivity index (χ3n) is 9.16. The first-order chi connectivity index (χ1) is 20.9. The summed E-state index contributed by atoms with van der Waals surface area (Å²) in [7, 11) is 1.98. The van der Waals surface area contributed by atoms with Crippen molar-refractivity contribution in [2.45, 2.75) is 77.3 Å². The summed E-state index contributed by atoms with van der Waals surface area (Å²) < 4.78 is 8.16. The van der Waals surface area contributed by atoms with Crippen molar-refractivity contribution >= 4 is 34.2 Å². The van der Waals surface area contributed by atoms with Crippen molar-refractivity contribution in [3.05, 3.63) is 53.9 Å². The van der Waals surface area contributed by atoms with Crippen LogP contribution in [0.1, 0.15) is 74.7 Å². The number of hydrogen-bond acceptors (Lipinski definition) is 5. The van der Waals surface area contributed by atoms with Gasteiger partial charge in [-0.2, -0.15) is 4.99 Å². The van der Waals surface area contributed by atoms with Crippen LogP contribution in [0.15, 0.2) is 47.7 Å². The molecule has 43 heavy (non-hydrogen) atoms. The van der Waals surface area contributed by atoms with Crippen LogP contribution in [-0.2, 0) is 18.3 Å². The van der Waals surface area contributed by atoms with Gasteiger partial charge in [-0.3, -0.25) is 14.5 Å². The third-order valence-corrected chi connectivity index (χ3v) is 9.16. The van der Waals surface area contributed by atoms with Gasteiger partial charge in [0, 0.05) is 73.1 Å². The molecule has 2 aliphatic heterocycles. The highest BCUT2D eigenvalue weighted by Gasteiger charge is 2.37. The normalized spacial score (nSPS) is 21.9. The number of aliphatic imine (C=N–C) groups is 1. The zero-order valence-electron chi connectivity index (χ0n) is 25.7. The number of rotatable bonds is 8. The molecule has 2 aromatic heterocycles. The van der Waals surface area contributed by atoms with E-state index in [0.29, 0.717) is 24.5 Å². The van der Waals surface area contributed by atoms with Crippen molar-refractivity contribution in [3.8, 4) is 5.88 Å². The summed E-state index contributed by atoms with van der Waals surface area (Å²) in [4.78, 5) is 40.3. The molecular weight excluding hydrogens is 540 g/mol. The number of benzene rings is 1. The van der Waals surface area contributed by atoms with Crippen molar-refractivity contribution < 1.29 is 14.3 Å². The van der Waals surface area contributed by atoms with Gasteiger partial charge < -0.3 is 19.5 Å². The lowest BCUT2D eigenvalue weighted by Crippen LogP contribution is -2.44. The van der Waals surface area contributed by atoms with Crippen LogP contribution in [0.5, 0.6) is 5.88 Å². The molecule has 0 bridgehead atoms. The minimum atomic E-state index is -0.244. The Kier molecular flexibility index (Phi) is 8.79. The van der Waals surface area contributed by atoms with Crippen LogP contribution in [0.4, 0.5) is 5.69 Å². The maximum absolute atomic E-state index is 13.5. The fourth-order valence-electron chi connectivity index (χ4n) is 6.83. The van der Waals surface area contributed by atoms with Crippen molar-refractivity contribution in [1.29, 1.82) is 0 Å². The first kappa shape index (κ1) is 29.4. The van der Waals surface area contributed by atoms with Crippen molar-refractivity contribution in [2.24, 2.45) is 18.0 Å². The number of aromatic nitrogens is 2. The monoisotopic (exact) mass is 584 g/mol. The quantitative estimate of drug-likeness (QED) is 0.395. The number of hydrogen-bond donors (Lipinski definition) is 1. The fourth-order valence-corrected chi connectivity index (χ4v) is 6.83. The van der Waals surface area contributed by atoms with Crippen LogP contribution < -0.4 is 15.0 Å². The van der Waals surface area contributed by atoms with Gasteiger partial charge in [-0.1, -0.05) is 12.5 Å². The Morgan fingerprint density at radius 3 is 2.63 bits per heavy atom. The molecule has 0 unspecified atom stereocenters. The Morgan fingerprint density at radius 2 is 1.86 bits per heavy atom. The number of anilines is 1. The van der Waals surface area contributed by atoms with E-state index in [4.69, 9.17) is 9.73 Å². The molecule has 0 atom stereocenters. The molecule has 9 nitrogen and oxygen atoms in total. The first-order valence-corrected chi connectivity index (χ1v) is 16.0. The molecule has 1 saturated heterocycles. The second kappa shape index (κ2) is 12.9. The van der Waals surface area contributed by atoms with Crippen LogP contribution in [0.25, 0.3) is 10.9 Å². The van der Waals surface area contributed by atoms with E-state index in [1.807, 2.05) is 68.2 Å². The minimum Gasteiger partial charge on any atom is -0.476 e. The highest BCUT2D eigenvalue weighted by molar-refractivity contribution is 6.13. The van der Waals surface area contributed by atoms with E-state index in [1.54, 1.807) is 0 Å². The summed E-state index contributed by atoms with van der Waals surface area (Å²) in [6.45, 7) is 7.77. The largest absolute Gasteiger partial charge is 0.476 e. The topological polar surface area (TPSA) is 92.1 Å². The van der Waals surface area contributed by atoms with Crippen molar-refractivity contribution in [1.82, 2.24) is 19.8 Å². The number of aryl methyl sites for hydroxylation is 1. The average molecular weight is 585 g/mol. The highest BCUT2D eigenvalue weighted by atomic mass is 16.5. The Hall–Kier alpha value is -3.72. The van der Waals surface area contributed by atoms with Crippen LogP contribution in [-0.4, -0.2) is 70.4 Å². The fraction of sp³-hybridized carbons (Fsp3) is 0.529. The second-order valence-electron chi connectivity index (χ2n) is 12.7. The Labute approximate surface area is 254 Å². The number of amidine groups is 1. The summed E-state index contributed by atoms with van der Waals surface area (Å²) in [5.74, 6) is 1.27. The zero-order chi connectivity index (χ0) is 29.9. The summed E-state index contributed by atoms with van der Waals surface area (Å²) in [5, 5.41) is 4.18. The lowest BCUT2D eigenvalue weighted by Gasteiger charge is -2.36. The van der Waals surface area contributed by atoms with E-state index in [0.717, 1.165) is 73.3 Å². The summed E-state index contributed by atoms with van der Waals surface area (Å²) in [6, 6.07) is 10.1. The molecule has 1 saturated carbocycles. The number of pyridine rings is 1. The highest BCUT2D eigenvalue weighted by Crippen LogP contribution is 2.38. The van der Waals surface area contributed by atoms with E-state index >= 15 is 0 Å². The van der Waals surface area contributed by atoms with Gasteiger partial charge in [0.1, 0.15) is 12.4 Å². The van der Waals surface area contributed by atoms with Crippen LogP contribution >= 0.6 is 0 Å². The molecule has 228 valence electrons. The zero-order valence-corrected chi connectivity index (χ0v) is 25.7. The van der Waals surface area contributed by atoms with Crippen LogP contribution in [0.3, 0.4) is 0 Å². The number of fused-ring (bicyclic) bond motifs is 2. The predicted octanol–water partition coefficient (Wildman–Crippen LogP) is 5.12. The molecule has 3 aromatic rings. The Morgan fingerprint density at radius 1 is 1.07 bits per heavy atom. The lowest BCUT2D eigenvalue weighted by molar-refractivity contribution is -0.126. The van der Waals surface area contributed by atoms with E-state index in [-0.39, 0.29) is 29.8 Å². The van der Waals surface area contributed by atoms with Gasteiger partial charge in [0.15, 0.2) is 0 Å². The maximum atomic E-state index is 13.5. The number of likely N-dealkylation sites (tertiary alicyclic amines) is 1. The van der Waals surface area contributed by atoms with Crippen molar-refractivity contribution in [2.75, 3.05) is 31.1 Å². The van der Waals surface area contributed by atoms with Gasteiger partial charge in [-0.05, 0) is 89.0 Å². The molecule has 1 N–H and O–H groups in total. The number of piperidine rings is 1. The summed E-state index contributed by atoms with van der Waals surface area (Å²) in [6.07, 6.45) is 11.6. The van der Waals surface area contributed by atoms with E-state index in [2.05, 4.69) is 20.1 Å². The molecule has 9 heteroatoms. The van der Waals surface area contributed by atoms with Crippen molar-refractivity contribution in [3.63, 3.8) is 0 Å². The molecule has 0 radical (unpaired) electrons. The standard InChI is InChI=1S/C34H44N6O3/c1-23(2)36-33(41)25-9-11-28(12-10-25)40-30-21-32(43-18-17-39-14-5-4-6-15-39)35-22-27(30)20-31(40)37-34(42)26-8-7-24-13-16-38(3)29(24)19-26/h7-8,13,16,19,21-23,25,28H,4-6,9-12,14-15,17-18,20H2,1-3H3,(H,36,41). The number of carbonyl (C=O) groups is 2. The summed E-state index contributed by atoms with van der Waals surface area (Å²) in [5.41, 5.74) is 3.65. The average Bonchev–Trinajstić information content (AvgIpc) is 3.56. The van der Waals surface area contributed by atoms with Crippen LogP contribution in [0, 0.1) is 5.92 Å². The van der Waals surface area contributed by atoms with Gasteiger partial charge in [-0.25, -0.2) is 4.98 Å². The number of amides is 2. The second-order valence-corrected chi connectivity index (χ2v) is 12.7. The van der Waals surface area contributed by atoms with Gasteiger partial charge in [0.2, 0.25) is 11.8 Å². The smallest absolute Gasteiger partial charge is 0.278 e. The minimum absolute atomic E-state index is 0.0193. The van der Waals surface area contributed by atoms with E-state index < -0.39 is 0 Å². The predicted molar refractivity (Wildman–Crippen MR) is 170 cm³/mol. The van der Waals surface area contributed by atoms with Crippen LogP contribution in [0.2, 0.25) is 0 Å². The lowest BCUT2D eigenvalue weighted by atomic mass is 9.84. The molecule has 4 heterocycles. The molecule has 6 rings (SSSR count). The molecule has 3 aliphatic rings. The molecule has 1 aromatic carbocycles. The number of nitrogens with one attached hydrogen (secondary N) is 1. The Balaban J connectivity index is 1.23. The van der Waals surface area contributed by atoms with Gasteiger partial charge in [0.25, 0.3) is 5.91 Å². The van der Waals surface area contributed by atoms with E-state index in [1.165, 1.54) is 19.3 Å². The molecule has 1 aliphatic carbocycles. The first-order valence-electron chi connectivity index (χ1n) is 16.0. The molecule has 2 amide bonds. The Bertz CT molecular complexity index is 1500. The molecule has 0 spiro atoms. The van der Waals surface area contributed by atoms with Gasteiger partial charge in [0.05, 0.1) is 5.69 Å². The van der Waals surface area contributed by atoms with Gasteiger partial charge in [-0.15, -0.1) is 0 Å². The molecular formula is C34H44N6O3. The maximum Gasteiger partial charge on any atom is 0.278 e. The SMILES string of the molecule is CC(C)NC(=O)C1CCC(N2C(=NC(=O)c3ccc4ccn(C)c4c3)Cc3cnc(OCCN4CCCCC4)cc32)CC1. The third kappa shape index (κ3) is 6.61. The van der Waals surface area contributed by atoms with E-state index in [9.17, 15) is 9.59 Å². The number of carbonyl (C=O) groups excluding carboxylic acids is 2. The molecule has 2 fully saturated rings. The number of nitrogens with zero attached hydrogens (tertiary/aromatic N) is 5. The number of ether oxygens (including phenoxy) is 1. The summed E-state index contributed by atoms with van der Waals surface area (Å²) >= 11 is 0.